The molecule has 2 rings (SSSR count). The van der Waals surface area contributed by atoms with Gasteiger partial charge in [0.05, 0.1) is 18.4 Å². The molecule has 98 valence electrons. The number of methoxy groups -OCH3 is 1. The lowest BCUT2D eigenvalue weighted by molar-refractivity contribution is 0.0602. The molecule has 0 aromatic carbocycles. The van der Waals surface area contributed by atoms with E-state index in [-0.39, 0.29) is 0 Å². The number of nitrogens with zero attached hydrogens (tertiary/aromatic N) is 1. The standard InChI is InChI=1S/C13H19N3O2/c1-18-13(17)10-7-8-15-12(11(10)14)16-9-5-3-2-4-6-9/h7-9H,2-6,14H2,1H3,(H,15,16). The van der Waals surface area contributed by atoms with E-state index in [1.807, 2.05) is 0 Å². The molecule has 1 saturated carbocycles. The van der Waals surface area contributed by atoms with Crippen LogP contribution < -0.4 is 11.1 Å². The van der Waals surface area contributed by atoms with Gasteiger partial charge in [0.1, 0.15) is 5.82 Å². The first-order valence-electron chi connectivity index (χ1n) is 6.31. The lowest BCUT2D eigenvalue weighted by Crippen LogP contribution is -2.24. The molecule has 0 spiro atoms. The second-order valence-corrected chi connectivity index (χ2v) is 4.59. The summed E-state index contributed by atoms with van der Waals surface area (Å²) in [5.41, 5.74) is 6.69. The van der Waals surface area contributed by atoms with E-state index in [0.717, 1.165) is 12.8 Å². The normalized spacial score (nSPS) is 16.3. The second kappa shape index (κ2) is 5.71. The van der Waals surface area contributed by atoms with Gasteiger partial charge in [0.25, 0.3) is 0 Å². The maximum Gasteiger partial charge on any atom is 0.340 e. The number of carbonyl (C=O) groups excluding carboxylic acids is 1. The Bertz CT molecular complexity index is 428. The lowest BCUT2D eigenvalue weighted by atomic mass is 9.95. The van der Waals surface area contributed by atoms with Crippen LogP contribution in [0.2, 0.25) is 0 Å². The Balaban J connectivity index is 2.15. The summed E-state index contributed by atoms with van der Waals surface area (Å²) in [6.45, 7) is 0. The Morgan fingerprint density at radius 2 is 2.17 bits per heavy atom. The Labute approximate surface area is 107 Å². The highest BCUT2D eigenvalue weighted by molar-refractivity contribution is 5.97. The van der Waals surface area contributed by atoms with E-state index < -0.39 is 5.97 Å². The van der Waals surface area contributed by atoms with Crippen molar-refractivity contribution in [2.45, 2.75) is 38.1 Å². The summed E-state index contributed by atoms with van der Waals surface area (Å²) in [4.78, 5) is 15.7. The van der Waals surface area contributed by atoms with Crippen LogP contribution in [0.15, 0.2) is 12.3 Å². The molecule has 1 aromatic heterocycles. The highest BCUT2D eigenvalue weighted by Crippen LogP contribution is 2.25. The van der Waals surface area contributed by atoms with Gasteiger partial charge in [-0.25, -0.2) is 9.78 Å². The van der Waals surface area contributed by atoms with Crippen molar-refractivity contribution in [1.82, 2.24) is 4.98 Å². The van der Waals surface area contributed by atoms with Crippen molar-refractivity contribution in [3.05, 3.63) is 17.8 Å². The average Bonchev–Trinajstić information content (AvgIpc) is 2.41. The second-order valence-electron chi connectivity index (χ2n) is 4.59. The number of aromatic nitrogens is 1. The molecular weight excluding hydrogens is 230 g/mol. The lowest BCUT2D eigenvalue weighted by Gasteiger charge is -2.24. The number of pyridine rings is 1. The Morgan fingerprint density at radius 3 is 2.83 bits per heavy atom. The van der Waals surface area contributed by atoms with Crippen LogP contribution in [0.25, 0.3) is 0 Å². The third-order valence-corrected chi connectivity index (χ3v) is 3.34. The summed E-state index contributed by atoms with van der Waals surface area (Å²) in [5, 5.41) is 3.32. The number of carbonyl (C=O) groups is 1. The molecule has 0 atom stereocenters. The highest BCUT2D eigenvalue weighted by Gasteiger charge is 2.18. The first kappa shape index (κ1) is 12.7. The summed E-state index contributed by atoms with van der Waals surface area (Å²) < 4.78 is 4.69. The molecular formula is C13H19N3O2. The number of esters is 1. The van der Waals surface area contributed by atoms with Gasteiger partial charge in [-0.15, -0.1) is 0 Å². The van der Waals surface area contributed by atoms with Gasteiger partial charge in [-0.05, 0) is 18.9 Å². The highest BCUT2D eigenvalue weighted by atomic mass is 16.5. The minimum Gasteiger partial charge on any atom is -0.465 e. The van der Waals surface area contributed by atoms with Gasteiger partial charge in [-0.2, -0.15) is 0 Å². The molecule has 18 heavy (non-hydrogen) atoms. The van der Waals surface area contributed by atoms with Gasteiger partial charge < -0.3 is 15.8 Å². The van der Waals surface area contributed by atoms with E-state index in [1.54, 1.807) is 12.3 Å². The maximum absolute atomic E-state index is 11.5. The van der Waals surface area contributed by atoms with Crippen molar-refractivity contribution in [3.63, 3.8) is 0 Å². The van der Waals surface area contributed by atoms with Crippen molar-refractivity contribution in [2.24, 2.45) is 0 Å². The van der Waals surface area contributed by atoms with Crippen LogP contribution in [0.1, 0.15) is 42.5 Å². The van der Waals surface area contributed by atoms with Gasteiger partial charge in [0.2, 0.25) is 0 Å². The third-order valence-electron chi connectivity index (χ3n) is 3.34. The van der Waals surface area contributed by atoms with E-state index in [9.17, 15) is 4.79 Å². The van der Waals surface area contributed by atoms with Crippen molar-refractivity contribution in [1.29, 1.82) is 0 Å². The number of ether oxygens (including phenoxy) is 1. The van der Waals surface area contributed by atoms with Crippen molar-refractivity contribution in [3.8, 4) is 0 Å². The van der Waals surface area contributed by atoms with Crippen LogP contribution in [-0.4, -0.2) is 24.1 Å². The zero-order chi connectivity index (χ0) is 13.0. The molecule has 1 aliphatic rings. The largest absolute Gasteiger partial charge is 0.465 e. The number of nitrogen functional groups attached to an aromatic ring is 1. The minimum atomic E-state index is -0.429. The van der Waals surface area contributed by atoms with Crippen LogP contribution in [0.5, 0.6) is 0 Å². The number of hydrogen-bond donors (Lipinski definition) is 2. The molecule has 0 saturated heterocycles. The molecule has 0 bridgehead atoms. The van der Waals surface area contributed by atoms with Crippen LogP contribution in [0, 0.1) is 0 Å². The third kappa shape index (κ3) is 2.72. The Kier molecular flexibility index (Phi) is 4.02. The average molecular weight is 249 g/mol. The van der Waals surface area contributed by atoms with Gasteiger partial charge in [-0.1, -0.05) is 19.3 Å². The number of anilines is 2. The van der Waals surface area contributed by atoms with Gasteiger partial charge in [0, 0.05) is 12.2 Å². The molecule has 1 aliphatic carbocycles. The molecule has 1 heterocycles. The van der Waals surface area contributed by atoms with Gasteiger partial charge in [0.15, 0.2) is 0 Å². The number of nitrogens with one attached hydrogen (secondary N) is 1. The number of nitrogens with two attached hydrogens (primary N) is 1. The molecule has 0 radical (unpaired) electrons. The first-order chi connectivity index (χ1) is 8.72. The first-order valence-corrected chi connectivity index (χ1v) is 6.31. The molecule has 5 nitrogen and oxygen atoms in total. The summed E-state index contributed by atoms with van der Waals surface area (Å²) in [6, 6.07) is 1.98. The fourth-order valence-corrected chi connectivity index (χ4v) is 2.32. The predicted molar refractivity (Wildman–Crippen MR) is 70.5 cm³/mol. The quantitative estimate of drug-likeness (QED) is 0.803. The van der Waals surface area contributed by atoms with Crippen LogP contribution in [0.4, 0.5) is 11.5 Å². The molecule has 0 amide bonds. The van der Waals surface area contributed by atoms with Gasteiger partial charge >= 0.3 is 5.97 Å². The fourth-order valence-electron chi connectivity index (χ4n) is 2.32. The molecule has 1 fully saturated rings. The van der Waals surface area contributed by atoms with Crippen LogP contribution in [-0.2, 0) is 4.74 Å². The van der Waals surface area contributed by atoms with E-state index in [2.05, 4.69) is 15.0 Å². The zero-order valence-electron chi connectivity index (χ0n) is 10.6. The number of rotatable bonds is 3. The van der Waals surface area contributed by atoms with Gasteiger partial charge in [-0.3, -0.25) is 0 Å². The van der Waals surface area contributed by atoms with E-state index >= 15 is 0 Å². The molecule has 3 N–H and O–H groups in total. The summed E-state index contributed by atoms with van der Waals surface area (Å²) >= 11 is 0. The maximum atomic E-state index is 11.5. The molecule has 0 aliphatic heterocycles. The Hall–Kier alpha value is -1.78. The van der Waals surface area contributed by atoms with Crippen molar-refractivity contribution < 1.29 is 9.53 Å². The monoisotopic (exact) mass is 249 g/mol. The molecule has 0 unspecified atom stereocenters. The van der Waals surface area contributed by atoms with E-state index in [1.165, 1.54) is 26.4 Å². The topological polar surface area (TPSA) is 77.2 Å². The predicted octanol–water partition coefficient (Wildman–Crippen LogP) is 2.19. The summed E-state index contributed by atoms with van der Waals surface area (Å²) in [7, 11) is 1.34. The minimum absolute atomic E-state index is 0.366. The van der Waals surface area contributed by atoms with E-state index in [4.69, 9.17) is 5.73 Å². The summed E-state index contributed by atoms with van der Waals surface area (Å²) in [5.74, 6) is 0.159. The fraction of sp³-hybridized carbons (Fsp3) is 0.538. The Morgan fingerprint density at radius 1 is 1.44 bits per heavy atom. The molecule has 1 aromatic rings. The van der Waals surface area contributed by atoms with Crippen LogP contribution in [0.3, 0.4) is 0 Å². The smallest absolute Gasteiger partial charge is 0.340 e. The van der Waals surface area contributed by atoms with Crippen LogP contribution >= 0.6 is 0 Å². The summed E-state index contributed by atoms with van der Waals surface area (Å²) in [6.07, 6.45) is 7.59. The SMILES string of the molecule is COC(=O)c1ccnc(NC2CCCCC2)c1N. The van der Waals surface area contributed by atoms with Crippen molar-refractivity contribution >= 4 is 17.5 Å². The zero-order valence-corrected chi connectivity index (χ0v) is 10.6. The molecule has 5 heteroatoms. The van der Waals surface area contributed by atoms with Crippen molar-refractivity contribution in [2.75, 3.05) is 18.2 Å². The van der Waals surface area contributed by atoms with E-state index in [0.29, 0.717) is 23.1 Å². The number of hydrogen-bond acceptors (Lipinski definition) is 5.